The van der Waals surface area contributed by atoms with E-state index in [4.69, 9.17) is 10.2 Å². The summed E-state index contributed by atoms with van der Waals surface area (Å²) < 4.78 is 0. The monoisotopic (exact) mass is 205 g/mol. The summed E-state index contributed by atoms with van der Waals surface area (Å²) >= 11 is 0. The Hall–Kier alpha value is -1.39. The normalized spacial score (nSPS) is 18.9. The van der Waals surface area contributed by atoms with Crippen molar-refractivity contribution in [3.63, 3.8) is 0 Å². The van der Waals surface area contributed by atoms with Gasteiger partial charge in [-0.05, 0) is 18.9 Å². The lowest BCUT2D eigenvalue weighted by Crippen LogP contribution is -2.39. The Kier molecular flexibility index (Phi) is 2.99. The fourth-order valence-electron chi connectivity index (χ4n) is 1.64. The maximum atomic E-state index is 7.33. The average Bonchev–Trinajstić information content (AvgIpc) is 2.66. The van der Waals surface area contributed by atoms with Crippen LogP contribution in [0.2, 0.25) is 0 Å². The molecule has 1 heterocycles. The summed E-state index contributed by atoms with van der Waals surface area (Å²) in [5.74, 6) is 0.273. The second-order valence-electron chi connectivity index (χ2n) is 3.78. The van der Waals surface area contributed by atoms with Gasteiger partial charge >= 0.3 is 0 Å². The lowest BCUT2D eigenvalue weighted by atomic mass is 10.1. The van der Waals surface area contributed by atoms with Gasteiger partial charge in [0.25, 0.3) is 0 Å². The molecule has 80 valence electrons. The lowest BCUT2D eigenvalue weighted by Gasteiger charge is -2.20. The van der Waals surface area contributed by atoms with Crippen LogP contribution in [0.3, 0.4) is 0 Å². The van der Waals surface area contributed by atoms with E-state index in [9.17, 15) is 0 Å². The molecule has 2 rings (SSSR count). The fourth-order valence-corrected chi connectivity index (χ4v) is 1.64. The van der Waals surface area contributed by atoms with Crippen molar-refractivity contribution in [2.24, 2.45) is 0 Å². The third kappa shape index (κ3) is 2.55. The molecule has 0 bridgehead atoms. The van der Waals surface area contributed by atoms with Crippen molar-refractivity contribution < 1.29 is 4.84 Å². The molecule has 1 aromatic rings. The van der Waals surface area contributed by atoms with Gasteiger partial charge in [0.1, 0.15) is 0 Å². The molecular weight excluding hydrogens is 190 g/mol. The van der Waals surface area contributed by atoms with Crippen LogP contribution in [0.4, 0.5) is 0 Å². The second-order valence-corrected chi connectivity index (χ2v) is 3.78. The standard InChI is InChI=1S/C11H15N3O/c1-9(14-8-11(12)15-13-14)7-10-5-3-2-4-6-10/h2-6,9,12-13H,7-8H2,1H3/t9-/m1/s1. The highest BCUT2D eigenvalue weighted by Gasteiger charge is 2.22. The van der Waals surface area contributed by atoms with E-state index >= 15 is 0 Å². The first-order chi connectivity index (χ1) is 7.25. The molecule has 0 aromatic heterocycles. The largest absolute Gasteiger partial charge is 0.377 e. The molecule has 0 radical (unpaired) electrons. The minimum atomic E-state index is 0.273. The predicted octanol–water partition coefficient (Wildman–Crippen LogP) is 1.35. The van der Waals surface area contributed by atoms with Gasteiger partial charge in [-0.3, -0.25) is 5.41 Å². The van der Waals surface area contributed by atoms with Gasteiger partial charge in [0.15, 0.2) is 0 Å². The van der Waals surface area contributed by atoms with Gasteiger partial charge in [-0.25, -0.2) is 0 Å². The number of nitrogens with one attached hydrogen (secondary N) is 2. The number of hydrogen-bond acceptors (Lipinski definition) is 4. The maximum Gasteiger partial charge on any atom is 0.224 e. The molecule has 0 saturated carbocycles. The summed E-state index contributed by atoms with van der Waals surface area (Å²) in [6.45, 7) is 2.65. The molecule has 1 aliphatic heterocycles. The Morgan fingerprint density at radius 3 is 2.80 bits per heavy atom. The smallest absolute Gasteiger partial charge is 0.224 e. The van der Waals surface area contributed by atoms with Gasteiger partial charge in [-0.15, -0.1) is 0 Å². The van der Waals surface area contributed by atoms with E-state index in [1.807, 2.05) is 23.2 Å². The first kappa shape index (κ1) is 10.1. The molecule has 4 nitrogen and oxygen atoms in total. The second kappa shape index (κ2) is 4.42. The number of hydrazine groups is 1. The third-order valence-electron chi connectivity index (χ3n) is 2.51. The fraction of sp³-hybridized carbons (Fsp3) is 0.364. The summed E-state index contributed by atoms with van der Waals surface area (Å²) in [6.07, 6.45) is 0.949. The van der Waals surface area contributed by atoms with E-state index in [1.54, 1.807) is 0 Å². The summed E-state index contributed by atoms with van der Waals surface area (Å²) in [7, 11) is 0. The van der Waals surface area contributed by atoms with Crippen molar-refractivity contribution >= 4 is 5.90 Å². The van der Waals surface area contributed by atoms with E-state index in [-0.39, 0.29) is 5.90 Å². The van der Waals surface area contributed by atoms with Crippen molar-refractivity contribution in [1.82, 2.24) is 10.6 Å². The van der Waals surface area contributed by atoms with Crippen LogP contribution in [0.1, 0.15) is 12.5 Å². The van der Waals surface area contributed by atoms with Crippen LogP contribution in [-0.2, 0) is 11.3 Å². The maximum absolute atomic E-state index is 7.33. The highest BCUT2D eigenvalue weighted by molar-refractivity contribution is 5.75. The van der Waals surface area contributed by atoms with Gasteiger partial charge in [0.05, 0.1) is 6.54 Å². The van der Waals surface area contributed by atoms with Crippen LogP contribution in [0.15, 0.2) is 30.3 Å². The summed E-state index contributed by atoms with van der Waals surface area (Å²) in [6, 6.07) is 10.6. The van der Waals surface area contributed by atoms with Crippen LogP contribution < -0.4 is 5.59 Å². The average molecular weight is 205 g/mol. The quantitative estimate of drug-likeness (QED) is 0.783. The van der Waals surface area contributed by atoms with Crippen LogP contribution in [0.5, 0.6) is 0 Å². The Labute approximate surface area is 89.3 Å². The van der Waals surface area contributed by atoms with Gasteiger partial charge in [0.2, 0.25) is 5.90 Å². The van der Waals surface area contributed by atoms with Gasteiger partial charge < -0.3 is 4.84 Å². The minimum Gasteiger partial charge on any atom is -0.377 e. The predicted molar refractivity (Wildman–Crippen MR) is 58.3 cm³/mol. The zero-order chi connectivity index (χ0) is 10.7. The zero-order valence-electron chi connectivity index (χ0n) is 8.73. The zero-order valence-corrected chi connectivity index (χ0v) is 8.73. The third-order valence-corrected chi connectivity index (χ3v) is 2.51. The molecule has 4 heteroatoms. The van der Waals surface area contributed by atoms with Crippen LogP contribution >= 0.6 is 0 Å². The molecule has 0 unspecified atom stereocenters. The van der Waals surface area contributed by atoms with Crippen LogP contribution in [0.25, 0.3) is 0 Å². The molecule has 0 aliphatic carbocycles. The van der Waals surface area contributed by atoms with E-state index in [1.165, 1.54) is 5.56 Å². The molecule has 1 fully saturated rings. The Morgan fingerprint density at radius 2 is 2.20 bits per heavy atom. The van der Waals surface area contributed by atoms with Crippen molar-refractivity contribution in [2.75, 3.05) is 6.54 Å². The van der Waals surface area contributed by atoms with E-state index in [0.717, 1.165) is 6.42 Å². The van der Waals surface area contributed by atoms with Crippen LogP contribution in [-0.4, -0.2) is 23.5 Å². The van der Waals surface area contributed by atoms with E-state index in [2.05, 4.69) is 24.6 Å². The first-order valence-corrected chi connectivity index (χ1v) is 5.06. The summed E-state index contributed by atoms with van der Waals surface area (Å²) in [5, 5.41) is 9.25. The molecule has 1 saturated heterocycles. The molecule has 1 aliphatic rings. The molecule has 1 aromatic carbocycles. The van der Waals surface area contributed by atoms with E-state index in [0.29, 0.717) is 12.6 Å². The minimum absolute atomic E-state index is 0.273. The van der Waals surface area contributed by atoms with Gasteiger partial charge in [0, 0.05) is 6.04 Å². The summed E-state index contributed by atoms with van der Waals surface area (Å²) in [5.41, 5.74) is 4.03. The SMILES string of the molecule is C[C@H](Cc1ccccc1)N1CC(=N)ON1. The molecule has 2 N–H and O–H groups in total. The number of benzene rings is 1. The lowest BCUT2D eigenvalue weighted by molar-refractivity contribution is 0.0277. The molecule has 1 atom stereocenters. The van der Waals surface area contributed by atoms with Crippen molar-refractivity contribution in [3.05, 3.63) is 35.9 Å². The molecule has 15 heavy (non-hydrogen) atoms. The molecule has 0 amide bonds. The number of nitrogens with zero attached hydrogens (tertiary/aromatic N) is 1. The highest BCUT2D eigenvalue weighted by atomic mass is 16.7. The molecule has 0 spiro atoms. The van der Waals surface area contributed by atoms with Gasteiger partial charge in [-0.2, -0.15) is 5.01 Å². The Balaban J connectivity index is 1.92. The Bertz CT molecular complexity index is 339. The molecular formula is C11H15N3O. The van der Waals surface area contributed by atoms with Crippen molar-refractivity contribution in [2.45, 2.75) is 19.4 Å². The summed E-state index contributed by atoms with van der Waals surface area (Å²) in [4.78, 5) is 4.88. The highest BCUT2D eigenvalue weighted by Crippen LogP contribution is 2.09. The van der Waals surface area contributed by atoms with Gasteiger partial charge in [-0.1, -0.05) is 35.9 Å². The number of rotatable bonds is 3. The topological polar surface area (TPSA) is 48.4 Å². The van der Waals surface area contributed by atoms with E-state index < -0.39 is 0 Å². The Morgan fingerprint density at radius 1 is 1.47 bits per heavy atom. The van der Waals surface area contributed by atoms with Crippen molar-refractivity contribution in [3.8, 4) is 0 Å². The number of hydrogen-bond donors (Lipinski definition) is 2. The first-order valence-electron chi connectivity index (χ1n) is 5.06. The van der Waals surface area contributed by atoms with Crippen LogP contribution in [0, 0.1) is 5.41 Å². The van der Waals surface area contributed by atoms with Crippen molar-refractivity contribution in [1.29, 1.82) is 5.41 Å².